The van der Waals surface area contributed by atoms with E-state index in [0.717, 1.165) is 12.1 Å². The summed E-state index contributed by atoms with van der Waals surface area (Å²) >= 11 is 0. The fraction of sp³-hybridized carbons (Fsp3) is 0.174. The number of anilines is 2. The predicted molar refractivity (Wildman–Crippen MR) is 120 cm³/mol. The minimum Gasteiger partial charge on any atom is -0.490 e. The van der Waals surface area contributed by atoms with Crippen LogP contribution in [-0.2, 0) is 14.8 Å². The lowest BCUT2D eigenvalue weighted by molar-refractivity contribution is 0.0998. The zero-order chi connectivity index (χ0) is 23.8. The maximum absolute atomic E-state index is 13.4. The van der Waals surface area contributed by atoms with E-state index in [1.807, 2.05) is 6.92 Å². The molecular formula is C23H22F2N2O5S. The molecule has 0 aromatic heterocycles. The second-order valence-electron chi connectivity index (χ2n) is 6.75. The van der Waals surface area contributed by atoms with Gasteiger partial charge in [-0.15, -0.1) is 0 Å². The second kappa shape index (κ2) is 10.9. The first-order chi connectivity index (χ1) is 15.8. The van der Waals surface area contributed by atoms with E-state index < -0.39 is 32.5 Å². The van der Waals surface area contributed by atoms with E-state index in [9.17, 15) is 22.0 Å². The molecule has 3 rings (SSSR count). The van der Waals surface area contributed by atoms with E-state index in [2.05, 4.69) is 10.0 Å². The molecule has 0 fully saturated rings. The van der Waals surface area contributed by atoms with E-state index in [0.29, 0.717) is 42.9 Å². The molecule has 0 heterocycles. The summed E-state index contributed by atoms with van der Waals surface area (Å²) in [5.41, 5.74) is 0.925. The van der Waals surface area contributed by atoms with Crippen LogP contribution in [0, 0.1) is 11.6 Å². The number of rotatable bonds is 10. The van der Waals surface area contributed by atoms with Gasteiger partial charge in [-0.25, -0.2) is 17.2 Å². The van der Waals surface area contributed by atoms with Crippen molar-refractivity contribution in [1.82, 2.24) is 0 Å². The number of sulfonamides is 1. The summed E-state index contributed by atoms with van der Waals surface area (Å²) in [4.78, 5) is 12.3. The number of halogens is 2. The van der Waals surface area contributed by atoms with E-state index >= 15 is 0 Å². The van der Waals surface area contributed by atoms with Gasteiger partial charge in [-0.3, -0.25) is 9.52 Å². The van der Waals surface area contributed by atoms with Crippen molar-refractivity contribution in [2.75, 3.05) is 29.9 Å². The molecule has 3 aromatic rings. The number of para-hydroxylation sites is 1. The smallest absolute Gasteiger partial charge is 0.261 e. The van der Waals surface area contributed by atoms with Crippen molar-refractivity contribution in [3.8, 4) is 5.75 Å². The van der Waals surface area contributed by atoms with Gasteiger partial charge in [-0.1, -0.05) is 12.1 Å². The molecule has 0 saturated heterocycles. The van der Waals surface area contributed by atoms with Crippen molar-refractivity contribution in [3.63, 3.8) is 0 Å². The Labute approximate surface area is 190 Å². The Balaban J connectivity index is 1.66. The van der Waals surface area contributed by atoms with Crippen LogP contribution < -0.4 is 14.8 Å². The Hall–Kier alpha value is -3.50. The minimum absolute atomic E-state index is 0.178. The normalized spacial score (nSPS) is 11.1. The number of hydrogen-bond acceptors (Lipinski definition) is 5. The maximum atomic E-state index is 13.4. The van der Waals surface area contributed by atoms with Crippen LogP contribution in [-0.4, -0.2) is 34.1 Å². The summed E-state index contributed by atoms with van der Waals surface area (Å²) in [6, 6.07) is 14.9. The highest BCUT2D eigenvalue weighted by Gasteiger charge is 2.17. The fourth-order valence-electron chi connectivity index (χ4n) is 2.81. The largest absolute Gasteiger partial charge is 0.490 e. The van der Waals surface area contributed by atoms with Gasteiger partial charge >= 0.3 is 0 Å². The summed E-state index contributed by atoms with van der Waals surface area (Å²) in [5, 5.41) is 2.72. The second-order valence-corrected chi connectivity index (χ2v) is 8.44. The van der Waals surface area contributed by atoms with Crippen molar-refractivity contribution in [3.05, 3.63) is 83.9 Å². The van der Waals surface area contributed by atoms with Crippen LogP contribution in [0.1, 0.15) is 17.3 Å². The van der Waals surface area contributed by atoms with Crippen LogP contribution in [0.15, 0.2) is 71.6 Å². The number of amides is 1. The molecular weight excluding hydrogens is 454 g/mol. The number of hydrogen-bond donors (Lipinski definition) is 2. The average Bonchev–Trinajstić information content (AvgIpc) is 2.80. The molecule has 7 nitrogen and oxygen atoms in total. The molecule has 0 aliphatic heterocycles. The van der Waals surface area contributed by atoms with Gasteiger partial charge in [0, 0.05) is 18.0 Å². The van der Waals surface area contributed by atoms with Crippen molar-refractivity contribution < 1.29 is 31.5 Å². The molecule has 0 spiro atoms. The summed E-state index contributed by atoms with van der Waals surface area (Å²) in [5.74, 6) is -2.41. The van der Waals surface area contributed by atoms with Crippen LogP contribution in [0.2, 0.25) is 0 Å². The molecule has 0 unspecified atom stereocenters. The third-order valence-corrected chi connectivity index (χ3v) is 5.80. The van der Waals surface area contributed by atoms with E-state index in [4.69, 9.17) is 9.47 Å². The Morgan fingerprint density at radius 2 is 1.61 bits per heavy atom. The van der Waals surface area contributed by atoms with Gasteiger partial charge in [0.2, 0.25) is 0 Å². The van der Waals surface area contributed by atoms with Crippen LogP contribution >= 0.6 is 0 Å². The monoisotopic (exact) mass is 476 g/mol. The van der Waals surface area contributed by atoms with Gasteiger partial charge in [-0.2, -0.15) is 0 Å². The van der Waals surface area contributed by atoms with Gasteiger partial charge < -0.3 is 14.8 Å². The zero-order valence-corrected chi connectivity index (χ0v) is 18.5. The average molecular weight is 477 g/mol. The topological polar surface area (TPSA) is 93.7 Å². The Kier molecular flexibility index (Phi) is 7.96. The van der Waals surface area contributed by atoms with Crippen molar-refractivity contribution >= 4 is 27.3 Å². The third kappa shape index (κ3) is 6.50. The zero-order valence-electron chi connectivity index (χ0n) is 17.7. The van der Waals surface area contributed by atoms with E-state index in [1.165, 1.54) is 24.3 Å². The van der Waals surface area contributed by atoms with Crippen molar-refractivity contribution in [2.45, 2.75) is 11.8 Å². The Morgan fingerprint density at radius 3 is 2.30 bits per heavy atom. The number of benzene rings is 3. The first-order valence-corrected chi connectivity index (χ1v) is 11.5. The van der Waals surface area contributed by atoms with Gasteiger partial charge in [0.15, 0.2) is 11.6 Å². The molecule has 1 amide bonds. The SMILES string of the molecule is CCOCCOc1ccccc1C(=O)Nc1ccc(NS(=O)(=O)c2ccc(F)c(F)c2)cc1. The van der Waals surface area contributed by atoms with Crippen LogP contribution in [0.4, 0.5) is 20.2 Å². The van der Waals surface area contributed by atoms with E-state index in [-0.39, 0.29) is 5.69 Å². The van der Waals surface area contributed by atoms with Crippen molar-refractivity contribution in [1.29, 1.82) is 0 Å². The molecule has 0 saturated carbocycles. The molecule has 0 aliphatic carbocycles. The molecule has 2 N–H and O–H groups in total. The first kappa shape index (κ1) is 24.1. The number of carbonyl (C=O) groups excluding carboxylic acids is 1. The summed E-state index contributed by atoms with van der Waals surface area (Å²) in [6.45, 7) is 3.14. The highest BCUT2D eigenvalue weighted by Crippen LogP contribution is 2.22. The standard InChI is InChI=1S/C23H22F2N2O5S/c1-2-31-13-14-32-22-6-4-3-5-19(22)23(28)26-16-7-9-17(10-8-16)27-33(29,30)18-11-12-20(24)21(25)15-18/h3-12,15,27H,2,13-14H2,1H3,(H,26,28). The van der Waals surface area contributed by atoms with Gasteiger partial charge in [0.1, 0.15) is 12.4 Å². The Bertz CT molecular complexity index is 1220. The van der Waals surface area contributed by atoms with Crippen LogP contribution in [0.3, 0.4) is 0 Å². The lowest BCUT2D eigenvalue weighted by Crippen LogP contribution is -2.15. The lowest BCUT2D eigenvalue weighted by atomic mass is 10.2. The lowest BCUT2D eigenvalue weighted by Gasteiger charge is -2.12. The molecule has 0 aliphatic rings. The highest BCUT2D eigenvalue weighted by atomic mass is 32.2. The summed E-state index contributed by atoms with van der Waals surface area (Å²) in [6.07, 6.45) is 0. The first-order valence-electron chi connectivity index (χ1n) is 9.99. The number of nitrogens with one attached hydrogen (secondary N) is 2. The molecule has 3 aromatic carbocycles. The molecule has 0 bridgehead atoms. The number of carbonyl (C=O) groups is 1. The van der Waals surface area contributed by atoms with E-state index in [1.54, 1.807) is 24.3 Å². The third-order valence-electron chi connectivity index (χ3n) is 4.42. The molecule has 10 heteroatoms. The molecule has 0 radical (unpaired) electrons. The van der Waals surface area contributed by atoms with Gasteiger partial charge in [-0.05, 0) is 61.5 Å². The van der Waals surface area contributed by atoms with Gasteiger partial charge in [0.05, 0.1) is 17.1 Å². The van der Waals surface area contributed by atoms with Crippen molar-refractivity contribution in [2.24, 2.45) is 0 Å². The summed E-state index contributed by atoms with van der Waals surface area (Å²) in [7, 11) is -4.12. The molecule has 33 heavy (non-hydrogen) atoms. The quantitative estimate of drug-likeness (QED) is 0.422. The highest BCUT2D eigenvalue weighted by molar-refractivity contribution is 7.92. The predicted octanol–water partition coefficient (Wildman–Crippen LogP) is 4.43. The summed E-state index contributed by atoms with van der Waals surface area (Å²) < 4.78 is 64.3. The molecule has 174 valence electrons. The fourth-order valence-corrected chi connectivity index (χ4v) is 3.88. The molecule has 0 atom stereocenters. The Morgan fingerprint density at radius 1 is 0.909 bits per heavy atom. The number of ether oxygens (including phenoxy) is 2. The maximum Gasteiger partial charge on any atom is 0.261 e. The van der Waals surface area contributed by atoms with Crippen LogP contribution in [0.25, 0.3) is 0 Å². The van der Waals surface area contributed by atoms with Gasteiger partial charge in [0.25, 0.3) is 15.9 Å². The minimum atomic E-state index is -4.12. The van der Waals surface area contributed by atoms with Crippen LogP contribution in [0.5, 0.6) is 5.75 Å².